The second kappa shape index (κ2) is 4.95. The number of alkyl carbamates (subject to hydrolysis) is 1. The summed E-state index contributed by atoms with van der Waals surface area (Å²) >= 11 is 0. The molecule has 2 rings (SSSR count). The summed E-state index contributed by atoms with van der Waals surface area (Å²) in [5.74, 6) is 0. The van der Waals surface area contributed by atoms with E-state index in [9.17, 15) is 13.2 Å². The van der Waals surface area contributed by atoms with Crippen molar-refractivity contribution in [2.45, 2.75) is 12.1 Å². The molecule has 0 unspecified atom stereocenters. The third-order valence-electron chi connectivity index (χ3n) is 2.51. The fraction of sp³-hybridized carbons (Fsp3) is 0.364. The van der Waals surface area contributed by atoms with Crippen LogP contribution in [0.2, 0.25) is 0 Å². The lowest BCUT2D eigenvalue weighted by molar-refractivity contribution is 0.0944. The Kier molecular flexibility index (Phi) is 3.53. The molecule has 1 aliphatic heterocycles. The topological polar surface area (TPSA) is 81.7 Å². The zero-order valence-electron chi connectivity index (χ0n) is 9.70. The minimum atomic E-state index is -3.55. The van der Waals surface area contributed by atoms with Crippen LogP contribution in [0.15, 0.2) is 30.3 Å². The first-order valence-electron chi connectivity index (χ1n) is 5.32. The number of hydrogen-bond donors (Lipinski definition) is 1. The first-order valence-corrected chi connectivity index (χ1v) is 7.14. The Balaban J connectivity index is 2.11. The first kappa shape index (κ1) is 12.8. The zero-order valence-corrected chi connectivity index (χ0v) is 10.5. The Labute approximate surface area is 105 Å². The molecule has 0 spiro atoms. The van der Waals surface area contributed by atoms with Crippen molar-refractivity contribution in [1.29, 1.82) is 0 Å². The van der Waals surface area contributed by atoms with Gasteiger partial charge in [-0.3, -0.25) is 4.18 Å². The first-order chi connectivity index (χ1) is 8.46. The van der Waals surface area contributed by atoms with Crippen molar-refractivity contribution in [2.24, 2.45) is 0 Å². The number of benzene rings is 1. The molecule has 6 nitrogen and oxygen atoms in total. The van der Waals surface area contributed by atoms with Crippen molar-refractivity contribution < 1.29 is 22.1 Å². The van der Waals surface area contributed by atoms with Gasteiger partial charge in [0, 0.05) is 0 Å². The standard InChI is InChI=1S/C11H13NO5S/c1-18(14,15)16-7-9-10(12-11(13)17-9)8-5-3-2-4-6-8/h2-6,9-10H,7H2,1H3,(H,12,13)/t9-,10-/m1/s1. The molecule has 7 heteroatoms. The maximum atomic E-state index is 11.2. The minimum absolute atomic E-state index is 0.197. The lowest BCUT2D eigenvalue weighted by Crippen LogP contribution is -2.27. The highest BCUT2D eigenvalue weighted by molar-refractivity contribution is 7.85. The Morgan fingerprint density at radius 1 is 1.33 bits per heavy atom. The van der Waals surface area contributed by atoms with Crippen LogP contribution in [0, 0.1) is 0 Å². The van der Waals surface area contributed by atoms with E-state index in [1.807, 2.05) is 30.3 Å². The van der Waals surface area contributed by atoms with Gasteiger partial charge in [-0.1, -0.05) is 30.3 Å². The van der Waals surface area contributed by atoms with Crippen molar-refractivity contribution in [1.82, 2.24) is 5.32 Å². The van der Waals surface area contributed by atoms with E-state index in [2.05, 4.69) is 9.50 Å². The summed E-state index contributed by atoms with van der Waals surface area (Å²) in [6, 6.07) is 8.76. The van der Waals surface area contributed by atoms with Crippen LogP contribution in [-0.2, 0) is 19.0 Å². The second-order valence-corrected chi connectivity index (χ2v) is 5.61. The smallest absolute Gasteiger partial charge is 0.408 e. The van der Waals surface area contributed by atoms with Gasteiger partial charge in [0.05, 0.1) is 12.3 Å². The van der Waals surface area contributed by atoms with Gasteiger partial charge in [-0.2, -0.15) is 8.42 Å². The van der Waals surface area contributed by atoms with Crippen LogP contribution in [0.4, 0.5) is 4.79 Å². The van der Waals surface area contributed by atoms with E-state index in [1.54, 1.807) is 0 Å². The van der Waals surface area contributed by atoms with E-state index in [1.165, 1.54) is 0 Å². The molecule has 0 aromatic heterocycles. The van der Waals surface area contributed by atoms with Crippen molar-refractivity contribution in [3.63, 3.8) is 0 Å². The molecule has 1 aromatic rings. The van der Waals surface area contributed by atoms with Crippen LogP contribution in [0.3, 0.4) is 0 Å². The summed E-state index contributed by atoms with van der Waals surface area (Å²) in [7, 11) is -3.55. The van der Waals surface area contributed by atoms with Gasteiger partial charge in [0.1, 0.15) is 6.61 Å². The molecule has 1 amide bonds. The number of hydrogen-bond acceptors (Lipinski definition) is 5. The van der Waals surface area contributed by atoms with E-state index in [0.29, 0.717) is 0 Å². The lowest BCUT2D eigenvalue weighted by atomic mass is 10.0. The van der Waals surface area contributed by atoms with Crippen molar-refractivity contribution >= 4 is 16.2 Å². The second-order valence-electron chi connectivity index (χ2n) is 3.97. The number of cyclic esters (lactones) is 1. The molecule has 1 aliphatic rings. The SMILES string of the molecule is CS(=O)(=O)OC[C@H]1OC(=O)N[C@@H]1c1ccccc1. The Bertz CT molecular complexity index is 528. The highest BCUT2D eigenvalue weighted by Crippen LogP contribution is 2.24. The van der Waals surface area contributed by atoms with E-state index in [4.69, 9.17) is 4.74 Å². The van der Waals surface area contributed by atoms with Crippen molar-refractivity contribution in [3.05, 3.63) is 35.9 Å². The van der Waals surface area contributed by atoms with Gasteiger partial charge in [0.2, 0.25) is 0 Å². The largest absolute Gasteiger partial charge is 0.441 e. The molecule has 98 valence electrons. The number of rotatable bonds is 4. The summed E-state index contributed by atoms with van der Waals surface area (Å²) in [6.07, 6.45) is -0.282. The molecule has 0 radical (unpaired) electrons. The monoisotopic (exact) mass is 271 g/mol. The van der Waals surface area contributed by atoms with E-state index >= 15 is 0 Å². The molecule has 1 heterocycles. The van der Waals surface area contributed by atoms with Crippen molar-refractivity contribution in [3.8, 4) is 0 Å². The molecule has 0 bridgehead atoms. The third kappa shape index (κ3) is 3.21. The molecule has 1 aromatic carbocycles. The highest BCUT2D eigenvalue weighted by Gasteiger charge is 2.35. The fourth-order valence-corrected chi connectivity index (χ4v) is 2.12. The number of amides is 1. The van der Waals surface area contributed by atoms with Crippen molar-refractivity contribution in [2.75, 3.05) is 12.9 Å². The number of carbonyl (C=O) groups is 1. The number of ether oxygens (including phenoxy) is 1. The van der Waals surface area contributed by atoms with E-state index < -0.39 is 28.4 Å². The summed E-state index contributed by atoms with van der Waals surface area (Å²) < 4.78 is 31.5. The Morgan fingerprint density at radius 3 is 2.61 bits per heavy atom. The van der Waals surface area contributed by atoms with E-state index in [0.717, 1.165) is 11.8 Å². The molecule has 2 atom stereocenters. The van der Waals surface area contributed by atoms with Gasteiger partial charge in [-0.15, -0.1) is 0 Å². The molecule has 1 saturated heterocycles. The molecule has 0 aliphatic carbocycles. The Hall–Kier alpha value is -1.60. The van der Waals surface area contributed by atoms with Crippen LogP contribution in [0.1, 0.15) is 11.6 Å². The zero-order chi connectivity index (χ0) is 13.2. The highest BCUT2D eigenvalue weighted by atomic mass is 32.2. The predicted molar refractivity (Wildman–Crippen MR) is 63.4 cm³/mol. The summed E-state index contributed by atoms with van der Waals surface area (Å²) in [4.78, 5) is 11.2. The molecule has 1 fully saturated rings. The van der Waals surface area contributed by atoms with Gasteiger partial charge in [-0.25, -0.2) is 4.79 Å². The third-order valence-corrected chi connectivity index (χ3v) is 3.07. The average molecular weight is 271 g/mol. The Morgan fingerprint density at radius 2 is 2.00 bits per heavy atom. The van der Waals surface area contributed by atoms with Gasteiger partial charge in [-0.05, 0) is 5.56 Å². The lowest BCUT2D eigenvalue weighted by Gasteiger charge is -2.16. The van der Waals surface area contributed by atoms with Gasteiger partial charge in [0.15, 0.2) is 6.10 Å². The normalized spacial score (nSPS) is 23.5. The maximum Gasteiger partial charge on any atom is 0.408 e. The molecular weight excluding hydrogens is 258 g/mol. The number of nitrogens with one attached hydrogen (secondary N) is 1. The summed E-state index contributed by atoms with van der Waals surface area (Å²) in [6.45, 7) is -0.197. The van der Waals surface area contributed by atoms with Crippen LogP contribution in [-0.4, -0.2) is 33.5 Å². The van der Waals surface area contributed by atoms with Crippen LogP contribution >= 0.6 is 0 Å². The molecule has 0 saturated carbocycles. The predicted octanol–water partition coefficient (Wildman–Crippen LogP) is 0.812. The fourth-order valence-electron chi connectivity index (χ4n) is 1.74. The van der Waals surface area contributed by atoms with Crippen LogP contribution in [0.5, 0.6) is 0 Å². The summed E-state index contributed by atoms with van der Waals surface area (Å²) in [5.41, 5.74) is 0.838. The van der Waals surface area contributed by atoms with Gasteiger partial charge in [0.25, 0.3) is 10.1 Å². The molecular formula is C11H13NO5S. The van der Waals surface area contributed by atoms with Crippen LogP contribution < -0.4 is 5.32 Å². The quantitative estimate of drug-likeness (QED) is 0.820. The molecule has 18 heavy (non-hydrogen) atoms. The van der Waals surface area contributed by atoms with Gasteiger partial charge >= 0.3 is 6.09 Å². The minimum Gasteiger partial charge on any atom is -0.441 e. The average Bonchev–Trinajstić information content (AvgIpc) is 2.68. The maximum absolute atomic E-state index is 11.2. The van der Waals surface area contributed by atoms with E-state index in [-0.39, 0.29) is 6.61 Å². The van der Waals surface area contributed by atoms with Gasteiger partial charge < -0.3 is 10.1 Å². The van der Waals surface area contributed by atoms with Crippen LogP contribution in [0.25, 0.3) is 0 Å². The number of carbonyl (C=O) groups excluding carboxylic acids is 1. The molecule has 1 N–H and O–H groups in total. The summed E-state index contributed by atoms with van der Waals surface area (Å²) in [5, 5.41) is 2.62.